The zero-order valence-electron chi connectivity index (χ0n) is 13.8. The van der Waals surface area contributed by atoms with Gasteiger partial charge in [-0.3, -0.25) is 9.59 Å². The van der Waals surface area contributed by atoms with E-state index in [2.05, 4.69) is 22.8 Å². The fourth-order valence-electron chi connectivity index (χ4n) is 3.09. The maximum Gasteiger partial charge on any atom is 0.228 e. The monoisotopic (exact) mass is 322 g/mol. The van der Waals surface area contributed by atoms with Crippen molar-refractivity contribution in [2.75, 3.05) is 5.32 Å². The molecule has 0 aliphatic carbocycles. The molecule has 124 valence electrons. The molecule has 3 rings (SSSR count). The highest BCUT2D eigenvalue weighted by Gasteiger charge is 2.30. The van der Waals surface area contributed by atoms with Crippen molar-refractivity contribution in [1.82, 2.24) is 5.32 Å². The average Bonchev–Trinajstić information content (AvgIpc) is 2.60. The minimum atomic E-state index is -0.408. The number of para-hydroxylation sites is 1. The van der Waals surface area contributed by atoms with E-state index in [1.54, 1.807) is 0 Å². The summed E-state index contributed by atoms with van der Waals surface area (Å²) in [5.41, 5.74) is 2.90. The normalized spacial score (nSPS) is 17.5. The number of hydrogen-bond donors (Lipinski definition) is 2. The predicted molar refractivity (Wildman–Crippen MR) is 94.8 cm³/mol. The van der Waals surface area contributed by atoms with Crippen molar-refractivity contribution in [2.45, 2.75) is 38.1 Å². The number of aryl methyl sites for hydroxylation is 1. The molecule has 1 heterocycles. The van der Waals surface area contributed by atoms with Crippen molar-refractivity contribution < 1.29 is 9.59 Å². The second kappa shape index (κ2) is 7.30. The van der Waals surface area contributed by atoms with E-state index >= 15 is 0 Å². The lowest BCUT2D eigenvalue weighted by Gasteiger charge is -2.26. The lowest BCUT2D eigenvalue weighted by molar-refractivity contribution is -0.126. The first-order valence-electron chi connectivity index (χ1n) is 8.36. The molecular weight excluding hydrogens is 300 g/mol. The lowest BCUT2D eigenvalue weighted by atomic mass is 9.89. The number of rotatable bonds is 5. The second-order valence-electron chi connectivity index (χ2n) is 6.33. The zero-order valence-corrected chi connectivity index (χ0v) is 13.8. The number of carbonyl (C=O) groups is 2. The molecule has 24 heavy (non-hydrogen) atoms. The summed E-state index contributed by atoms with van der Waals surface area (Å²) in [7, 11) is 0. The van der Waals surface area contributed by atoms with Crippen LogP contribution in [-0.2, 0) is 16.0 Å². The molecule has 0 saturated carbocycles. The predicted octanol–water partition coefficient (Wildman–Crippen LogP) is 3.25. The minimum absolute atomic E-state index is 0.0647. The summed E-state index contributed by atoms with van der Waals surface area (Å²) in [6, 6.07) is 17.8. The highest BCUT2D eigenvalue weighted by Crippen LogP contribution is 2.32. The van der Waals surface area contributed by atoms with Gasteiger partial charge in [0, 0.05) is 18.2 Å². The van der Waals surface area contributed by atoms with E-state index < -0.39 is 5.92 Å². The summed E-state index contributed by atoms with van der Waals surface area (Å²) in [6.07, 6.45) is 1.99. The van der Waals surface area contributed by atoms with Gasteiger partial charge in [0.25, 0.3) is 0 Å². The highest BCUT2D eigenvalue weighted by molar-refractivity contribution is 6.01. The first-order chi connectivity index (χ1) is 11.6. The molecule has 1 aliphatic heterocycles. The summed E-state index contributed by atoms with van der Waals surface area (Å²) in [5, 5.41) is 5.89. The van der Waals surface area contributed by atoms with Gasteiger partial charge >= 0.3 is 0 Å². The fraction of sp³-hybridized carbons (Fsp3) is 0.300. The van der Waals surface area contributed by atoms with Gasteiger partial charge in [-0.25, -0.2) is 0 Å². The largest absolute Gasteiger partial charge is 0.353 e. The van der Waals surface area contributed by atoms with Crippen molar-refractivity contribution in [1.29, 1.82) is 0 Å². The van der Waals surface area contributed by atoms with Crippen LogP contribution < -0.4 is 10.6 Å². The summed E-state index contributed by atoms with van der Waals surface area (Å²) < 4.78 is 0. The maximum atomic E-state index is 12.6. The molecule has 1 aliphatic rings. The molecule has 2 unspecified atom stereocenters. The number of nitrogens with one attached hydrogen (secondary N) is 2. The molecule has 0 bridgehead atoms. The van der Waals surface area contributed by atoms with Gasteiger partial charge in [-0.2, -0.15) is 0 Å². The topological polar surface area (TPSA) is 58.2 Å². The van der Waals surface area contributed by atoms with Crippen LogP contribution >= 0.6 is 0 Å². The van der Waals surface area contributed by atoms with E-state index in [9.17, 15) is 9.59 Å². The number of carbonyl (C=O) groups excluding carboxylic acids is 2. The van der Waals surface area contributed by atoms with Gasteiger partial charge in [0.05, 0.1) is 5.92 Å². The maximum absolute atomic E-state index is 12.6. The number of hydrogen-bond acceptors (Lipinski definition) is 2. The summed E-state index contributed by atoms with van der Waals surface area (Å²) >= 11 is 0. The SMILES string of the molecule is CC(CCc1ccccc1)NC(=O)C1CC(=O)Nc2ccccc21. The quantitative estimate of drug-likeness (QED) is 0.888. The summed E-state index contributed by atoms with van der Waals surface area (Å²) in [4.78, 5) is 24.5. The Morgan fingerprint density at radius 2 is 1.88 bits per heavy atom. The van der Waals surface area contributed by atoms with Gasteiger partial charge in [0.2, 0.25) is 11.8 Å². The van der Waals surface area contributed by atoms with Crippen molar-refractivity contribution in [3.05, 3.63) is 65.7 Å². The van der Waals surface area contributed by atoms with E-state index in [-0.39, 0.29) is 24.3 Å². The van der Waals surface area contributed by atoms with Crippen LogP contribution in [0.3, 0.4) is 0 Å². The second-order valence-corrected chi connectivity index (χ2v) is 6.33. The van der Waals surface area contributed by atoms with Crippen LogP contribution in [0, 0.1) is 0 Å². The summed E-state index contributed by atoms with van der Waals surface area (Å²) in [6.45, 7) is 2.01. The highest BCUT2D eigenvalue weighted by atomic mass is 16.2. The standard InChI is InChI=1S/C20H22N2O2/c1-14(11-12-15-7-3-2-4-8-15)21-20(24)17-13-19(23)22-18-10-6-5-9-16(17)18/h2-10,14,17H,11-13H2,1H3,(H,21,24)(H,22,23). The van der Waals surface area contributed by atoms with Gasteiger partial charge in [-0.05, 0) is 37.0 Å². The molecule has 4 heteroatoms. The van der Waals surface area contributed by atoms with Gasteiger partial charge in [-0.1, -0.05) is 48.5 Å². The molecule has 0 spiro atoms. The van der Waals surface area contributed by atoms with Gasteiger partial charge in [0.15, 0.2) is 0 Å². The van der Waals surface area contributed by atoms with Crippen LogP contribution in [0.5, 0.6) is 0 Å². The fourth-order valence-corrected chi connectivity index (χ4v) is 3.09. The number of benzene rings is 2. The Balaban J connectivity index is 1.61. The van der Waals surface area contributed by atoms with Gasteiger partial charge < -0.3 is 10.6 Å². The first-order valence-corrected chi connectivity index (χ1v) is 8.36. The molecular formula is C20H22N2O2. The molecule has 2 N–H and O–H groups in total. The van der Waals surface area contributed by atoms with Gasteiger partial charge in [-0.15, -0.1) is 0 Å². The Morgan fingerprint density at radius 1 is 1.17 bits per heavy atom. The van der Waals surface area contributed by atoms with Crippen molar-refractivity contribution in [2.24, 2.45) is 0 Å². The molecule has 0 saturated heterocycles. The third-order valence-electron chi connectivity index (χ3n) is 4.41. The smallest absolute Gasteiger partial charge is 0.228 e. The van der Waals surface area contributed by atoms with Crippen molar-refractivity contribution in [3.8, 4) is 0 Å². The van der Waals surface area contributed by atoms with E-state index in [0.717, 1.165) is 24.1 Å². The third kappa shape index (κ3) is 3.82. The number of anilines is 1. The van der Waals surface area contributed by atoms with Crippen molar-refractivity contribution >= 4 is 17.5 Å². The van der Waals surface area contributed by atoms with Gasteiger partial charge in [0.1, 0.15) is 0 Å². The molecule has 2 amide bonds. The van der Waals surface area contributed by atoms with Crippen LogP contribution in [0.1, 0.15) is 36.8 Å². The van der Waals surface area contributed by atoms with Crippen LogP contribution in [0.15, 0.2) is 54.6 Å². The van der Waals surface area contributed by atoms with Crippen molar-refractivity contribution in [3.63, 3.8) is 0 Å². The van der Waals surface area contributed by atoms with E-state index in [4.69, 9.17) is 0 Å². The lowest BCUT2D eigenvalue weighted by Crippen LogP contribution is -2.39. The molecule has 2 aromatic carbocycles. The Morgan fingerprint density at radius 3 is 2.67 bits per heavy atom. The Hall–Kier alpha value is -2.62. The molecule has 0 aromatic heterocycles. The Labute approximate surface area is 142 Å². The van der Waals surface area contributed by atoms with E-state index in [1.165, 1.54) is 5.56 Å². The van der Waals surface area contributed by atoms with E-state index in [0.29, 0.717) is 0 Å². The molecule has 2 atom stereocenters. The summed E-state index contributed by atoms with van der Waals surface area (Å²) in [5.74, 6) is -0.585. The number of fused-ring (bicyclic) bond motifs is 1. The van der Waals surface area contributed by atoms with Crippen LogP contribution in [0.25, 0.3) is 0 Å². The van der Waals surface area contributed by atoms with Crippen LogP contribution in [0.4, 0.5) is 5.69 Å². The average molecular weight is 322 g/mol. The Bertz CT molecular complexity index is 727. The minimum Gasteiger partial charge on any atom is -0.353 e. The Kier molecular flexibility index (Phi) is 4.94. The van der Waals surface area contributed by atoms with E-state index in [1.807, 2.05) is 49.4 Å². The van der Waals surface area contributed by atoms with Crippen LogP contribution in [0.2, 0.25) is 0 Å². The zero-order chi connectivity index (χ0) is 16.9. The van der Waals surface area contributed by atoms with Crippen LogP contribution in [-0.4, -0.2) is 17.9 Å². The molecule has 2 aromatic rings. The third-order valence-corrected chi connectivity index (χ3v) is 4.41. The molecule has 4 nitrogen and oxygen atoms in total. The molecule has 0 radical (unpaired) electrons. The molecule has 0 fully saturated rings. The number of amides is 2. The first kappa shape index (κ1) is 16.2.